The maximum atomic E-state index is 11.7. The number of anilines is 3. The minimum atomic E-state index is -0.577. The zero-order valence-electron chi connectivity index (χ0n) is 10.7. The van der Waals surface area contributed by atoms with Crippen molar-refractivity contribution in [3.63, 3.8) is 0 Å². The first kappa shape index (κ1) is 12.9. The average Bonchev–Trinajstić information content (AvgIpc) is 2.74. The summed E-state index contributed by atoms with van der Waals surface area (Å²) in [5.74, 6) is -1.07. The first-order chi connectivity index (χ1) is 9.58. The van der Waals surface area contributed by atoms with Gasteiger partial charge < -0.3 is 10.2 Å². The van der Waals surface area contributed by atoms with Crippen molar-refractivity contribution in [2.24, 2.45) is 0 Å². The lowest BCUT2D eigenvalue weighted by Gasteiger charge is -2.21. The van der Waals surface area contributed by atoms with E-state index in [2.05, 4.69) is 21.2 Å². The second-order valence-corrected chi connectivity index (χ2v) is 5.38. The molecule has 1 N–H and O–H groups in total. The molecule has 2 aromatic rings. The molecular formula is C15H11BrN2O2. The summed E-state index contributed by atoms with van der Waals surface area (Å²) in [7, 11) is 1.93. The van der Waals surface area contributed by atoms with Crippen molar-refractivity contribution in [3.8, 4) is 0 Å². The van der Waals surface area contributed by atoms with Crippen LogP contribution in [0.3, 0.4) is 0 Å². The van der Waals surface area contributed by atoms with Crippen LogP contribution in [0.2, 0.25) is 0 Å². The van der Waals surface area contributed by atoms with Gasteiger partial charge in [-0.3, -0.25) is 9.59 Å². The second-order valence-electron chi connectivity index (χ2n) is 4.53. The number of fused-ring (bicyclic) bond motifs is 1. The molecule has 5 heteroatoms. The molecule has 100 valence electrons. The Morgan fingerprint density at radius 3 is 2.50 bits per heavy atom. The Balaban J connectivity index is 2.06. The Hall–Kier alpha value is -2.14. The van der Waals surface area contributed by atoms with Gasteiger partial charge in [0.1, 0.15) is 0 Å². The normalized spacial score (nSPS) is 13.1. The van der Waals surface area contributed by atoms with Crippen LogP contribution < -0.4 is 10.2 Å². The van der Waals surface area contributed by atoms with Crippen LogP contribution in [0.25, 0.3) is 0 Å². The minimum Gasteiger partial charge on any atom is -0.344 e. The number of nitrogens with one attached hydrogen (secondary N) is 1. The van der Waals surface area contributed by atoms with Crippen molar-refractivity contribution in [1.82, 2.24) is 0 Å². The number of nitrogens with zero attached hydrogens (tertiary/aromatic N) is 1. The van der Waals surface area contributed by atoms with Crippen LogP contribution in [0.15, 0.2) is 46.9 Å². The molecule has 2 aromatic carbocycles. The molecule has 3 rings (SSSR count). The molecule has 0 spiro atoms. The van der Waals surface area contributed by atoms with Gasteiger partial charge in [-0.15, -0.1) is 0 Å². The zero-order valence-corrected chi connectivity index (χ0v) is 12.3. The lowest BCUT2D eigenvalue weighted by molar-refractivity contribution is -0.112. The van der Waals surface area contributed by atoms with Crippen LogP contribution in [0, 0.1) is 0 Å². The number of carbonyl (C=O) groups excluding carboxylic acids is 2. The highest BCUT2D eigenvalue weighted by Gasteiger charge is 2.29. The third-order valence-corrected chi connectivity index (χ3v) is 3.93. The van der Waals surface area contributed by atoms with Crippen molar-refractivity contribution >= 4 is 44.7 Å². The van der Waals surface area contributed by atoms with E-state index in [9.17, 15) is 9.59 Å². The van der Waals surface area contributed by atoms with Gasteiger partial charge in [0.15, 0.2) is 0 Å². The fourth-order valence-corrected chi connectivity index (χ4v) is 2.81. The van der Waals surface area contributed by atoms with Crippen molar-refractivity contribution in [1.29, 1.82) is 0 Å². The molecule has 1 aliphatic heterocycles. The highest BCUT2D eigenvalue weighted by Crippen LogP contribution is 2.37. The fourth-order valence-electron chi connectivity index (χ4n) is 2.20. The molecule has 0 unspecified atom stereocenters. The van der Waals surface area contributed by atoms with Gasteiger partial charge in [-0.05, 0) is 40.2 Å². The summed E-state index contributed by atoms with van der Waals surface area (Å²) in [6.45, 7) is 0. The van der Waals surface area contributed by atoms with Gasteiger partial charge in [-0.1, -0.05) is 18.2 Å². The number of ketones is 1. The van der Waals surface area contributed by atoms with Gasteiger partial charge in [0.25, 0.3) is 11.7 Å². The number of hydrogen-bond acceptors (Lipinski definition) is 3. The molecule has 1 aliphatic rings. The van der Waals surface area contributed by atoms with Gasteiger partial charge >= 0.3 is 0 Å². The van der Waals surface area contributed by atoms with E-state index in [1.54, 1.807) is 12.1 Å². The molecular weight excluding hydrogens is 320 g/mol. The van der Waals surface area contributed by atoms with E-state index in [-0.39, 0.29) is 0 Å². The molecule has 1 amide bonds. The number of para-hydroxylation sites is 1. The Bertz CT molecular complexity index is 713. The molecule has 1 heterocycles. The zero-order chi connectivity index (χ0) is 14.3. The third kappa shape index (κ3) is 2.00. The van der Waals surface area contributed by atoms with Gasteiger partial charge in [0.05, 0.1) is 16.9 Å². The summed E-state index contributed by atoms with van der Waals surface area (Å²) in [5, 5.41) is 2.59. The molecule has 0 aliphatic carbocycles. The Labute approximate surface area is 124 Å². The standard InChI is InChI=1S/C15H11BrN2O2/c1-18(9-5-3-2-4-6-9)13-8-12-10(7-11(13)16)14(19)15(20)17-12/h2-8H,1H3,(H,17,19,20). The number of rotatable bonds is 2. The van der Waals surface area contributed by atoms with Crippen molar-refractivity contribution in [2.45, 2.75) is 0 Å². The topological polar surface area (TPSA) is 49.4 Å². The van der Waals surface area contributed by atoms with E-state index in [1.165, 1.54) is 0 Å². The summed E-state index contributed by atoms with van der Waals surface area (Å²) >= 11 is 3.46. The van der Waals surface area contributed by atoms with Crippen LogP contribution >= 0.6 is 15.9 Å². The van der Waals surface area contributed by atoms with Crippen LogP contribution in [0.4, 0.5) is 17.1 Å². The molecule has 0 fully saturated rings. The predicted molar refractivity (Wildman–Crippen MR) is 81.6 cm³/mol. The molecule has 0 aromatic heterocycles. The monoisotopic (exact) mass is 330 g/mol. The van der Waals surface area contributed by atoms with Gasteiger partial charge in [0, 0.05) is 17.2 Å². The average molecular weight is 331 g/mol. The van der Waals surface area contributed by atoms with Crippen LogP contribution in [-0.4, -0.2) is 18.7 Å². The van der Waals surface area contributed by atoms with Gasteiger partial charge in [-0.2, -0.15) is 0 Å². The van der Waals surface area contributed by atoms with E-state index < -0.39 is 11.7 Å². The van der Waals surface area contributed by atoms with Crippen LogP contribution in [0.5, 0.6) is 0 Å². The first-order valence-corrected chi connectivity index (χ1v) is 6.85. The SMILES string of the molecule is CN(c1ccccc1)c1cc2c(cc1Br)C(=O)C(=O)N2. The van der Waals surface area contributed by atoms with Crippen molar-refractivity contribution < 1.29 is 9.59 Å². The lowest BCUT2D eigenvalue weighted by atomic mass is 10.1. The number of Topliss-reactive ketones (excluding diaryl/α,β-unsaturated/α-hetero) is 1. The van der Waals surface area contributed by atoms with Gasteiger partial charge in [0.2, 0.25) is 0 Å². The number of hydrogen-bond donors (Lipinski definition) is 1. The molecule has 0 bridgehead atoms. The number of amides is 1. The number of benzene rings is 2. The largest absolute Gasteiger partial charge is 0.344 e. The Kier molecular flexibility index (Phi) is 3.06. The van der Waals surface area contributed by atoms with E-state index >= 15 is 0 Å². The third-order valence-electron chi connectivity index (χ3n) is 3.29. The summed E-state index contributed by atoms with van der Waals surface area (Å²) in [4.78, 5) is 25.0. The van der Waals surface area contributed by atoms with E-state index in [0.29, 0.717) is 11.3 Å². The Morgan fingerprint density at radius 2 is 1.80 bits per heavy atom. The lowest BCUT2D eigenvalue weighted by Crippen LogP contribution is -2.12. The summed E-state index contributed by atoms with van der Waals surface area (Å²) in [6.07, 6.45) is 0. The van der Waals surface area contributed by atoms with E-state index in [4.69, 9.17) is 0 Å². The molecule has 0 saturated heterocycles. The summed E-state index contributed by atoms with van der Waals surface area (Å²) in [5.41, 5.74) is 2.86. The highest BCUT2D eigenvalue weighted by molar-refractivity contribution is 9.10. The molecule has 0 atom stereocenters. The second kappa shape index (κ2) is 4.76. The molecule has 0 saturated carbocycles. The Morgan fingerprint density at radius 1 is 1.10 bits per heavy atom. The predicted octanol–water partition coefficient (Wildman–Crippen LogP) is 3.35. The van der Waals surface area contributed by atoms with Gasteiger partial charge in [-0.25, -0.2) is 0 Å². The smallest absolute Gasteiger partial charge is 0.296 e. The maximum Gasteiger partial charge on any atom is 0.296 e. The first-order valence-electron chi connectivity index (χ1n) is 6.06. The quantitative estimate of drug-likeness (QED) is 0.859. The molecule has 20 heavy (non-hydrogen) atoms. The number of halogens is 1. The van der Waals surface area contributed by atoms with Crippen molar-refractivity contribution in [2.75, 3.05) is 17.3 Å². The fraction of sp³-hybridized carbons (Fsp3) is 0.0667. The van der Waals surface area contributed by atoms with E-state index in [1.807, 2.05) is 42.3 Å². The van der Waals surface area contributed by atoms with E-state index in [0.717, 1.165) is 15.8 Å². The summed E-state index contributed by atoms with van der Waals surface area (Å²) in [6, 6.07) is 13.3. The van der Waals surface area contributed by atoms with Crippen LogP contribution in [-0.2, 0) is 4.79 Å². The minimum absolute atomic E-state index is 0.409. The maximum absolute atomic E-state index is 11.7. The number of carbonyl (C=O) groups is 2. The van der Waals surface area contributed by atoms with Crippen LogP contribution in [0.1, 0.15) is 10.4 Å². The van der Waals surface area contributed by atoms with Crippen molar-refractivity contribution in [3.05, 3.63) is 52.5 Å². The summed E-state index contributed by atoms with van der Waals surface area (Å²) < 4.78 is 0.771. The molecule has 0 radical (unpaired) electrons. The molecule has 4 nitrogen and oxygen atoms in total. The highest BCUT2D eigenvalue weighted by atomic mass is 79.9.